The lowest BCUT2D eigenvalue weighted by molar-refractivity contribution is 0.417. The van der Waals surface area contributed by atoms with Gasteiger partial charge in [-0.3, -0.25) is 19.4 Å². The van der Waals surface area contributed by atoms with Crippen LogP contribution in [0, 0.1) is 19.3 Å². The molecule has 0 aliphatic heterocycles. The number of nitrogens with one attached hydrogen (secondary N) is 1. The summed E-state index contributed by atoms with van der Waals surface area (Å²) in [5.41, 5.74) is 6.02. The molecule has 0 saturated carbocycles. The van der Waals surface area contributed by atoms with Gasteiger partial charge < -0.3 is 5.73 Å². The maximum atomic E-state index is 12.0. The van der Waals surface area contributed by atoms with Gasteiger partial charge in [-0.2, -0.15) is 0 Å². The van der Waals surface area contributed by atoms with Crippen LogP contribution in [0.5, 0.6) is 0 Å². The molecule has 0 aromatic carbocycles. The summed E-state index contributed by atoms with van der Waals surface area (Å²) in [5, 5.41) is 2.58. The van der Waals surface area contributed by atoms with Crippen LogP contribution >= 0.6 is 12.2 Å². The summed E-state index contributed by atoms with van der Waals surface area (Å²) in [6, 6.07) is 0. The third kappa shape index (κ3) is 3.53. The lowest BCUT2D eigenvalue weighted by Crippen LogP contribution is -2.34. The van der Waals surface area contributed by atoms with Gasteiger partial charge in [-0.25, -0.2) is 0 Å². The summed E-state index contributed by atoms with van der Waals surface area (Å²) in [7, 11) is 0. The largest absolute Gasteiger partial charge is 0.393 e. The summed E-state index contributed by atoms with van der Waals surface area (Å²) in [6.45, 7) is 7.72. The summed E-state index contributed by atoms with van der Waals surface area (Å²) >= 11 is 5.00. The zero-order chi connectivity index (χ0) is 14.8. The predicted octanol–water partition coefficient (Wildman–Crippen LogP) is 1.25. The molecule has 0 unspecified atom stereocenters. The molecule has 1 rings (SSSR count). The van der Waals surface area contributed by atoms with Crippen molar-refractivity contribution in [3.63, 3.8) is 0 Å². The molecule has 1 aromatic rings. The lowest BCUT2D eigenvalue weighted by atomic mass is 9.88. The first-order chi connectivity index (χ1) is 8.66. The van der Waals surface area contributed by atoms with E-state index in [9.17, 15) is 9.59 Å². The van der Waals surface area contributed by atoms with Crippen molar-refractivity contribution in [2.24, 2.45) is 11.1 Å². The fourth-order valence-electron chi connectivity index (χ4n) is 1.75. The molecule has 19 heavy (non-hydrogen) atoms. The van der Waals surface area contributed by atoms with E-state index in [0.717, 1.165) is 12.8 Å². The van der Waals surface area contributed by atoms with Gasteiger partial charge in [0.25, 0.3) is 11.1 Å². The fraction of sp³-hybridized carbons (Fsp3) is 0.615. The number of aromatic nitrogens is 2. The van der Waals surface area contributed by atoms with Gasteiger partial charge in [0.2, 0.25) is 0 Å². The van der Waals surface area contributed by atoms with Crippen molar-refractivity contribution in [2.75, 3.05) is 0 Å². The van der Waals surface area contributed by atoms with Crippen LogP contribution in [0.3, 0.4) is 0 Å². The monoisotopic (exact) mass is 283 g/mol. The molecule has 0 atom stereocenters. The Labute approximate surface area is 117 Å². The van der Waals surface area contributed by atoms with Gasteiger partial charge in [0.1, 0.15) is 0 Å². The molecule has 0 bridgehead atoms. The number of hydrogen-bond donors (Lipinski definition) is 2. The molecule has 0 aliphatic carbocycles. The van der Waals surface area contributed by atoms with Gasteiger partial charge >= 0.3 is 0 Å². The normalized spacial score (nSPS) is 11.6. The Bertz CT molecular complexity index is 599. The van der Waals surface area contributed by atoms with Gasteiger partial charge in [-0.1, -0.05) is 26.1 Å². The van der Waals surface area contributed by atoms with Gasteiger partial charge in [-0.05, 0) is 26.7 Å². The number of thiocarbonyl (C=S) groups is 1. The topological polar surface area (TPSA) is 80.9 Å². The minimum absolute atomic E-state index is 0.148. The first-order valence-corrected chi connectivity index (χ1v) is 6.68. The third-order valence-electron chi connectivity index (χ3n) is 3.56. The first-order valence-electron chi connectivity index (χ1n) is 6.27. The zero-order valence-electron chi connectivity index (χ0n) is 11.9. The second-order valence-electron chi connectivity index (χ2n) is 5.50. The molecule has 3 N–H and O–H groups in total. The van der Waals surface area contributed by atoms with Crippen LogP contribution in [0.25, 0.3) is 0 Å². The van der Waals surface area contributed by atoms with Crippen LogP contribution in [-0.2, 0) is 6.54 Å². The zero-order valence-corrected chi connectivity index (χ0v) is 12.7. The highest BCUT2D eigenvalue weighted by molar-refractivity contribution is 7.80. The number of aryl methyl sites for hydroxylation is 1. The highest BCUT2D eigenvalue weighted by Gasteiger charge is 2.20. The Morgan fingerprint density at radius 3 is 2.42 bits per heavy atom. The summed E-state index contributed by atoms with van der Waals surface area (Å²) in [4.78, 5) is 24.1. The molecular formula is C13H21N3O2S. The average Bonchev–Trinajstić information content (AvgIpc) is 2.32. The quantitative estimate of drug-likeness (QED) is 0.797. The molecule has 0 fully saturated rings. The molecule has 1 aromatic heterocycles. The number of nitrogens with zero attached hydrogens (tertiary/aromatic N) is 1. The summed E-state index contributed by atoms with van der Waals surface area (Å²) in [6.07, 6.45) is 1.49. The van der Waals surface area contributed by atoms with E-state index in [2.05, 4.69) is 5.10 Å². The average molecular weight is 283 g/mol. The Morgan fingerprint density at radius 2 is 1.89 bits per heavy atom. The minimum Gasteiger partial charge on any atom is -0.393 e. The van der Waals surface area contributed by atoms with E-state index in [1.165, 1.54) is 4.68 Å². The molecule has 6 heteroatoms. The van der Waals surface area contributed by atoms with Crippen molar-refractivity contribution >= 4 is 17.2 Å². The van der Waals surface area contributed by atoms with Crippen LogP contribution in [-0.4, -0.2) is 14.8 Å². The molecule has 0 amide bonds. The smallest absolute Gasteiger partial charge is 0.268 e. The van der Waals surface area contributed by atoms with Crippen molar-refractivity contribution in [3.05, 3.63) is 31.8 Å². The summed E-state index contributed by atoms with van der Waals surface area (Å²) in [5.74, 6) is 0. The molecule has 0 spiro atoms. The second-order valence-corrected chi connectivity index (χ2v) is 5.94. The second kappa shape index (κ2) is 5.69. The van der Waals surface area contributed by atoms with Crippen molar-refractivity contribution in [3.8, 4) is 0 Å². The fourth-order valence-corrected chi connectivity index (χ4v) is 1.85. The summed E-state index contributed by atoms with van der Waals surface area (Å²) < 4.78 is 1.36. The Balaban J connectivity index is 2.84. The van der Waals surface area contributed by atoms with E-state index < -0.39 is 0 Å². The number of rotatable bonds is 5. The number of nitrogens with two attached hydrogens (primary N) is 1. The van der Waals surface area contributed by atoms with Crippen LogP contribution in [0.1, 0.15) is 37.8 Å². The Morgan fingerprint density at radius 1 is 1.32 bits per heavy atom. The van der Waals surface area contributed by atoms with Crippen molar-refractivity contribution in [2.45, 2.75) is 47.1 Å². The standard InChI is InChI=1S/C13H21N3O2S/c1-8-9(2)11(18)16(15-10(8)17)7-5-6-13(3,4)12(14)19/h5-7H2,1-4H3,(H2,14,19)(H,15,17). The minimum atomic E-state index is -0.237. The van der Waals surface area contributed by atoms with Crippen molar-refractivity contribution < 1.29 is 0 Å². The van der Waals surface area contributed by atoms with Crippen LogP contribution < -0.4 is 16.9 Å². The van der Waals surface area contributed by atoms with Crippen molar-refractivity contribution in [1.82, 2.24) is 9.78 Å². The maximum absolute atomic E-state index is 12.0. The highest BCUT2D eigenvalue weighted by atomic mass is 32.1. The van der Waals surface area contributed by atoms with E-state index in [0.29, 0.717) is 22.7 Å². The van der Waals surface area contributed by atoms with E-state index >= 15 is 0 Å². The number of H-pyrrole nitrogens is 1. The Hall–Kier alpha value is -1.43. The molecule has 5 nitrogen and oxygen atoms in total. The number of hydrogen-bond acceptors (Lipinski definition) is 3. The first kappa shape index (κ1) is 15.6. The Kier molecular flexibility index (Phi) is 4.68. The molecule has 1 heterocycles. The van der Waals surface area contributed by atoms with E-state index in [-0.39, 0.29) is 16.5 Å². The van der Waals surface area contributed by atoms with Gasteiger partial charge in [0, 0.05) is 23.1 Å². The SMILES string of the molecule is Cc1c(C)c(=O)n(CCCC(C)(C)C(N)=S)[nH]c1=O. The van der Waals surface area contributed by atoms with E-state index in [4.69, 9.17) is 18.0 Å². The molecule has 0 saturated heterocycles. The van der Waals surface area contributed by atoms with E-state index in [1.54, 1.807) is 13.8 Å². The molecule has 106 valence electrons. The van der Waals surface area contributed by atoms with Gasteiger partial charge in [0.15, 0.2) is 0 Å². The number of aromatic amines is 1. The van der Waals surface area contributed by atoms with Crippen LogP contribution in [0.4, 0.5) is 0 Å². The van der Waals surface area contributed by atoms with Crippen LogP contribution in [0.2, 0.25) is 0 Å². The van der Waals surface area contributed by atoms with Gasteiger partial charge in [0.05, 0.1) is 4.99 Å². The maximum Gasteiger partial charge on any atom is 0.268 e. The van der Waals surface area contributed by atoms with E-state index in [1.807, 2.05) is 13.8 Å². The predicted molar refractivity (Wildman–Crippen MR) is 80.6 cm³/mol. The third-order valence-corrected chi connectivity index (χ3v) is 4.11. The van der Waals surface area contributed by atoms with Crippen LogP contribution in [0.15, 0.2) is 9.59 Å². The van der Waals surface area contributed by atoms with Gasteiger partial charge in [-0.15, -0.1) is 0 Å². The lowest BCUT2D eigenvalue weighted by Gasteiger charge is -2.22. The molecule has 0 radical (unpaired) electrons. The highest BCUT2D eigenvalue weighted by Crippen LogP contribution is 2.22. The molecular weight excluding hydrogens is 262 g/mol. The van der Waals surface area contributed by atoms with Crippen molar-refractivity contribution in [1.29, 1.82) is 0 Å². The molecule has 0 aliphatic rings.